The second kappa shape index (κ2) is 8.55. The summed E-state index contributed by atoms with van der Waals surface area (Å²) >= 11 is 0. The number of aliphatic imine (C=N–C) groups is 1. The van der Waals surface area contributed by atoms with Crippen LogP contribution in [0, 0.1) is 11.3 Å². The Balaban J connectivity index is 1.53. The Morgan fingerprint density at radius 2 is 2.18 bits per heavy atom. The van der Waals surface area contributed by atoms with Gasteiger partial charge in [0.25, 0.3) is 0 Å². The highest BCUT2D eigenvalue weighted by atomic mass is 16.5. The molecule has 0 saturated carbocycles. The number of hydrogen-bond donors (Lipinski definition) is 4. The van der Waals surface area contributed by atoms with E-state index in [1.165, 1.54) is 12.4 Å². The number of morpholine rings is 1. The van der Waals surface area contributed by atoms with Crippen molar-refractivity contribution >= 4 is 23.2 Å². The van der Waals surface area contributed by atoms with Crippen molar-refractivity contribution in [2.24, 2.45) is 4.99 Å². The predicted octanol–water partition coefficient (Wildman–Crippen LogP) is -0.368. The van der Waals surface area contributed by atoms with Gasteiger partial charge >= 0.3 is 0 Å². The summed E-state index contributed by atoms with van der Waals surface area (Å²) in [6, 6.07) is 3.79. The number of ether oxygens (including phenoxy) is 1. The first-order valence-electron chi connectivity index (χ1n) is 9.03. The van der Waals surface area contributed by atoms with Crippen molar-refractivity contribution < 1.29 is 4.74 Å². The molecule has 2 aromatic heterocycles. The minimum atomic E-state index is 0.0778. The predicted molar refractivity (Wildman–Crippen MR) is 103 cm³/mol. The van der Waals surface area contributed by atoms with Gasteiger partial charge in [0.2, 0.25) is 0 Å². The number of rotatable bonds is 6. The Bertz CT molecular complexity index is 886. The van der Waals surface area contributed by atoms with Gasteiger partial charge in [0, 0.05) is 32.2 Å². The summed E-state index contributed by atoms with van der Waals surface area (Å²) in [5.41, 5.74) is 1.71. The number of nitrogens with one attached hydrogen (secondary N) is 4. The lowest BCUT2D eigenvalue weighted by molar-refractivity contribution is 0.0372. The van der Waals surface area contributed by atoms with E-state index in [2.05, 4.69) is 46.4 Å². The normalized spacial score (nSPS) is 18.7. The SMILES string of the molecule is N#Cc1cnc(Nc2cc(NCC3CNCCO3)c(C3=NCCN3)nn2)cn1. The van der Waals surface area contributed by atoms with E-state index in [4.69, 9.17) is 10.00 Å². The molecule has 2 aromatic rings. The smallest absolute Gasteiger partial charge is 0.158 e. The highest BCUT2D eigenvalue weighted by Gasteiger charge is 2.19. The van der Waals surface area contributed by atoms with E-state index in [1.54, 1.807) is 0 Å². The summed E-state index contributed by atoms with van der Waals surface area (Å²) in [5, 5.41) is 30.4. The van der Waals surface area contributed by atoms with E-state index in [0.717, 1.165) is 31.2 Å². The number of anilines is 3. The minimum absolute atomic E-state index is 0.0778. The molecule has 11 heteroatoms. The first kappa shape index (κ1) is 18.0. The largest absolute Gasteiger partial charge is 0.380 e. The summed E-state index contributed by atoms with van der Waals surface area (Å²) in [6.07, 6.45) is 2.95. The lowest BCUT2D eigenvalue weighted by Crippen LogP contribution is -2.42. The summed E-state index contributed by atoms with van der Waals surface area (Å²) in [4.78, 5) is 12.6. The third kappa shape index (κ3) is 4.30. The van der Waals surface area contributed by atoms with E-state index < -0.39 is 0 Å². The molecule has 144 valence electrons. The molecule has 2 aliphatic heterocycles. The molecule has 4 rings (SSSR count). The number of nitriles is 1. The van der Waals surface area contributed by atoms with Crippen molar-refractivity contribution in [3.63, 3.8) is 0 Å². The monoisotopic (exact) mass is 380 g/mol. The Kier molecular flexibility index (Phi) is 5.51. The van der Waals surface area contributed by atoms with Crippen LogP contribution in [-0.2, 0) is 4.74 Å². The van der Waals surface area contributed by atoms with Crippen molar-refractivity contribution in [2.45, 2.75) is 6.10 Å². The summed E-state index contributed by atoms with van der Waals surface area (Å²) in [5.74, 6) is 1.71. The Labute approximate surface area is 161 Å². The molecule has 1 saturated heterocycles. The zero-order valence-electron chi connectivity index (χ0n) is 15.1. The maximum Gasteiger partial charge on any atom is 0.158 e. The van der Waals surface area contributed by atoms with E-state index >= 15 is 0 Å². The molecule has 1 atom stereocenters. The lowest BCUT2D eigenvalue weighted by Gasteiger charge is -2.24. The van der Waals surface area contributed by atoms with Crippen molar-refractivity contribution in [3.8, 4) is 6.07 Å². The van der Waals surface area contributed by atoms with E-state index in [0.29, 0.717) is 37.0 Å². The lowest BCUT2D eigenvalue weighted by atomic mass is 10.2. The Morgan fingerprint density at radius 1 is 1.21 bits per heavy atom. The minimum Gasteiger partial charge on any atom is -0.380 e. The number of nitrogens with zero attached hydrogens (tertiary/aromatic N) is 6. The van der Waals surface area contributed by atoms with Gasteiger partial charge in [0.15, 0.2) is 23.0 Å². The fraction of sp³-hybridized carbons (Fsp3) is 0.412. The summed E-state index contributed by atoms with van der Waals surface area (Å²) in [6.45, 7) is 4.51. The van der Waals surface area contributed by atoms with Crippen LogP contribution in [0.4, 0.5) is 17.3 Å². The van der Waals surface area contributed by atoms with Gasteiger partial charge < -0.3 is 26.0 Å². The Morgan fingerprint density at radius 3 is 2.89 bits per heavy atom. The van der Waals surface area contributed by atoms with E-state index in [9.17, 15) is 0 Å². The Hall–Kier alpha value is -3.36. The van der Waals surface area contributed by atoms with Gasteiger partial charge in [-0.15, -0.1) is 10.2 Å². The molecule has 0 radical (unpaired) electrons. The molecule has 4 N–H and O–H groups in total. The summed E-state index contributed by atoms with van der Waals surface area (Å²) in [7, 11) is 0. The van der Waals surface area contributed by atoms with Gasteiger partial charge in [-0.2, -0.15) is 5.26 Å². The van der Waals surface area contributed by atoms with Gasteiger partial charge in [-0.25, -0.2) is 9.97 Å². The van der Waals surface area contributed by atoms with Crippen molar-refractivity contribution in [2.75, 3.05) is 50.0 Å². The molecule has 2 aliphatic rings. The zero-order valence-corrected chi connectivity index (χ0v) is 15.1. The van der Waals surface area contributed by atoms with Gasteiger partial charge in [-0.1, -0.05) is 0 Å². The first-order valence-corrected chi connectivity index (χ1v) is 9.03. The molecule has 1 unspecified atom stereocenters. The maximum absolute atomic E-state index is 8.82. The molecule has 1 fully saturated rings. The topological polar surface area (TPSA) is 145 Å². The highest BCUT2D eigenvalue weighted by Crippen LogP contribution is 2.20. The number of hydrogen-bond acceptors (Lipinski definition) is 11. The molecular formula is C17H20N10O. The van der Waals surface area contributed by atoms with Crippen LogP contribution >= 0.6 is 0 Å². The molecule has 11 nitrogen and oxygen atoms in total. The van der Waals surface area contributed by atoms with Gasteiger partial charge in [-0.05, 0) is 0 Å². The average Bonchev–Trinajstić information content (AvgIpc) is 3.28. The number of amidine groups is 1. The maximum atomic E-state index is 8.82. The van der Waals surface area contributed by atoms with Crippen LogP contribution in [0.15, 0.2) is 23.5 Å². The third-order valence-electron chi connectivity index (χ3n) is 4.24. The summed E-state index contributed by atoms with van der Waals surface area (Å²) < 4.78 is 5.75. The first-order chi connectivity index (χ1) is 13.8. The van der Waals surface area contributed by atoms with Crippen LogP contribution in [0.1, 0.15) is 11.4 Å². The van der Waals surface area contributed by atoms with E-state index in [1.807, 2.05) is 12.1 Å². The van der Waals surface area contributed by atoms with Crippen LogP contribution < -0.4 is 21.3 Å². The van der Waals surface area contributed by atoms with Gasteiger partial charge in [0.05, 0.1) is 37.3 Å². The molecule has 4 heterocycles. The molecule has 0 aromatic carbocycles. The van der Waals surface area contributed by atoms with Crippen LogP contribution in [0.25, 0.3) is 0 Å². The van der Waals surface area contributed by atoms with Gasteiger partial charge in [-0.3, -0.25) is 4.99 Å². The van der Waals surface area contributed by atoms with Crippen LogP contribution in [0.3, 0.4) is 0 Å². The van der Waals surface area contributed by atoms with Crippen molar-refractivity contribution in [3.05, 3.63) is 29.8 Å². The second-order valence-electron chi connectivity index (χ2n) is 6.25. The molecule has 0 bridgehead atoms. The third-order valence-corrected chi connectivity index (χ3v) is 4.24. The quantitative estimate of drug-likeness (QED) is 0.524. The highest BCUT2D eigenvalue weighted by molar-refractivity contribution is 6.02. The molecule has 0 aliphatic carbocycles. The standard InChI is InChI=1S/C17H20N10O/c18-6-11-7-24-15(10-22-11)25-14-5-13(23-9-12-8-19-3-4-28-12)16(27-26-14)17-20-1-2-21-17/h5,7,10,12,19H,1-4,8-9H2,(H,20,21)(H2,23,24,25,26). The van der Waals surface area contributed by atoms with Crippen LogP contribution in [-0.4, -0.2) is 71.4 Å². The molecule has 0 spiro atoms. The van der Waals surface area contributed by atoms with Crippen molar-refractivity contribution in [1.82, 2.24) is 30.8 Å². The number of aromatic nitrogens is 4. The average molecular weight is 380 g/mol. The zero-order chi connectivity index (χ0) is 19.2. The second-order valence-corrected chi connectivity index (χ2v) is 6.25. The fourth-order valence-corrected chi connectivity index (χ4v) is 2.88. The molecule has 0 amide bonds. The van der Waals surface area contributed by atoms with E-state index in [-0.39, 0.29) is 11.8 Å². The van der Waals surface area contributed by atoms with Crippen LogP contribution in [0.2, 0.25) is 0 Å². The van der Waals surface area contributed by atoms with Crippen molar-refractivity contribution in [1.29, 1.82) is 5.26 Å². The molecule has 28 heavy (non-hydrogen) atoms. The van der Waals surface area contributed by atoms with Crippen LogP contribution in [0.5, 0.6) is 0 Å². The molecular weight excluding hydrogens is 360 g/mol. The fourth-order valence-electron chi connectivity index (χ4n) is 2.88. The van der Waals surface area contributed by atoms with Gasteiger partial charge in [0.1, 0.15) is 11.9 Å².